The average Bonchev–Trinajstić information content (AvgIpc) is 2.88. The van der Waals surface area contributed by atoms with Gasteiger partial charge in [-0.05, 0) is 34.5 Å². The van der Waals surface area contributed by atoms with Crippen LogP contribution in [0, 0.1) is 0 Å². The van der Waals surface area contributed by atoms with Gasteiger partial charge in [-0.1, -0.05) is 17.7 Å². The van der Waals surface area contributed by atoms with Gasteiger partial charge in [0.05, 0.1) is 19.6 Å². The molecule has 0 radical (unpaired) electrons. The number of ether oxygens (including phenoxy) is 1. The number of amides is 1. The molecule has 2 aromatic rings. The first kappa shape index (κ1) is 17.5. The number of hydrogen-bond donors (Lipinski definition) is 2. The highest BCUT2D eigenvalue weighted by molar-refractivity contribution is 7.17. The maximum absolute atomic E-state index is 12.1. The molecule has 0 bridgehead atoms. The van der Waals surface area contributed by atoms with E-state index in [4.69, 9.17) is 21.4 Å². The van der Waals surface area contributed by atoms with Crippen molar-refractivity contribution in [3.05, 3.63) is 46.8 Å². The molecule has 2 N–H and O–H groups in total. The number of nitrogens with one attached hydrogen (secondary N) is 1. The van der Waals surface area contributed by atoms with Gasteiger partial charge in [-0.3, -0.25) is 4.79 Å². The molecule has 1 amide bonds. The molecule has 0 saturated carbocycles. The van der Waals surface area contributed by atoms with Crippen LogP contribution in [0.3, 0.4) is 0 Å². The van der Waals surface area contributed by atoms with Gasteiger partial charge in [0.2, 0.25) is 5.91 Å². The van der Waals surface area contributed by atoms with Crippen LogP contribution >= 0.6 is 22.9 Å². The third kappa shape index (κ3) is 4.79. The third-order valence-electron chi connectivity index (χ3n) is 3.12. The van der Waals surface area contributed by atoms with Crippen molar-refractivity contribution >= 4 is 44.9 Å². The molecule has 1 heterocycles. The third-order valence-corrected chi connectivity index (χ3v) is 4.37. The Morgan fingerprint density at radius 3 is 2.96 bits per heavy atom. The minimum absolute atomic E-state index is 0.0889. The van der Waals surface area contributed by atoms with Crippen molar-refractivity contribution in [3.8, 4) is 0 Å². The highest BCUT2D eigenvalue weighted by Gasteiger charge is 2.20. The molecule has 5 nitrogen and oxygen atoms in total. The lowest BCUT2D eigenvalue weighted by Crippen LogP contribution is -2.44. The number of thiophene rings is 1. The number of benzene rings is 1. The zero-order valence-electron chi connectivity index (χ0n) is 12.3. The summed E-state index contributed by atoms with van der Waals surface area (Å²) in [5, 5.41) is 15.0. The molecular weight excluding hydrogens is 338 g/mol. The van der Waals surface area contributed by atoms with Crippen LogP contribution < -0.4 is 5.32 Å². The van der Waals surface area contributed by atoms with E-state index < -0.39 is 12.0 Å². The number of carbonyl (C=O) groups excluding carboxylic acids is 1. The molecule has 1 atom stereocenters. The lowest BCUT2D eigenvalue weighted by molar-refractivity contribution is -0.143. The molecule has 0 saturated heterocycles. The van der Waals surface area contributed by atoms with Crippen LogP contribution in [-0.4, -0.2) is 36.2 Å². The van der Waals surface area contributed by atoms with E-state index in [1.807, 2.05) is 11.4 Å². The van der Waals surface area contributed by atoms with E-state index in [-0.39, 0.29) is 25.5 Å². The summed E-state index contributed by atoms with van der Waals surface area (Å²) in [6, 6.07) is 4.41. The summed E-state index contributed by atoms with van der Waals surface area (Å²) in [5.41, 5.74) is 0.821. The molecule has 7 heteroatoms. The molecule has 122 valence electrons. The molecule has 0 aliphatic rings. The van der Waals surface area contributed by atoms with Crippen molar-refractivity contribution in [1.29, 1.82) is 0 Å². The highest BCUT2D eigenvalue weighted by Crippen LogP contribution is 2.28. The van der Waals surface area contributed by atoms with Crippen molar-refractivity contribution in [1.82, 2.24) is 5.32 Å². The quantitative estimate of drug-likeness (QED) is 0.565. The fourth-order valence-corrected chi connectivity index (χ4v) is 3.17. The molecule has 0 spiro atoms. The zero-order chi connectivity index (χ0) is 16.8. The summed E-state index contributed by atoms with van der Waals surface area (Å²) in [5.74, 6) is -1.51. The van der Waals surface area contributed by atoms with Gasteiger partial charge in [-0.2, -0.15) is 0 Å². The topological polar surface area (TPSA) is 75.6 Å². The Hall–Kier alpha value is -1.89. The number of carboxylic acids is 1. The molecule has 2 rings (SSSR count). The predicted octanol–water partition coefficient (Wildman–Crippen LogP) is 2.87. The SMILES string of the molecule is C=CCOCC(NC(=O)Cc1csc2ccc(Cl)cc12)C(=O)O. The van der Waals surface area contributed by atoms with Crippen molar-refractivity contribution in [2.45, 2.75) is 12.5 Å². The van der Waals surface area contributed by atoms with E-state index >= 15 is 0 Å². The minimum atomic E-state index is -1.14. The number of carbonyl (C=O) groups is 2. The van der Waals surface area contributed by atoms with Gasteiger partial charge in [0, 0.05) is 9.72 Å². The Morgan fingerprint density at radius 2 is 2.26 bits per heavy atom. The maximum atomic E-state index is 12.1. The van der Waals surface area contributed by atoms with Crippen molar-refractivity contribution < 1.29 is 19.4 Å². The van der Waals surface area contributed by atoms with Crippen LogP contribution in [0.2, 0.25) is 5.02 Å². The molecule has 1 aromatic heterocycles. The van der Waals surface area contributed by atoms with Gasteiger partial charge in [-0.15, -0.1) is 17.9 Å². The number of aliphatic carboxylic acids is 1. The van der Waals surface area contributed by atoms with E-state index in [1.165, 1.54) is 17.4 Å². The Morgan fingerprint density at radius 1 is 1.48 bits per heavy atom. The smallest absolute Gasteiger partial charge is 0.328 e. The van der Waals surface area contributed by atoms with Crippen LogP contribution in [-0.2, 0) is 20.7 Å². The Balaban J connectivity index is 2.03. The van der Waals surface area contributed by atoms with Gasteiger partial charge < -0.3 is 15.2 Å². The van der Waals surface area contributed by atoms with Crippen molar-refractivity contribution in [2.75, 3.05) is 13.2 Å². The van der Waals surface area contributed by atoms with E-state index in [9.17, 15) is 9.59 Å². The Labute approximate surface area is 142 Å². The number of carboxylic acid groups (broad SMARTS) is 1. The first-order chi connectivity index (χ1) is 11.0. The molecule has 1 aromatic carbocycles. The second-order valence-corrected chi connectivity index (χ2v) is 6.21. The standard InChI is InChI=1S/C16H16ClNO4S/c1-2-5-22-8-13(16(20)21)18-15(19)6-10-9-23-14-4-3-11(17)7-12(10)14/h2-4,7,9,13H,1,5-6,8H2,(H,18,19)(H,20,21). The zero-order valence-corrected chi connectivity index (χ0v) is 13.8. The van der Waals surface area contributed by atoms with E-state index in [2.05, 4.69) is 11.9 Å². The van der Waals surface area contributed by atoms with Crippen molar-refractivity contribution in [2.24, 2.45) is 0 Å². The molecule has 1 unspecified atom stereocenters. The summed E-state index contributed by atoms with van der Waals surface area (Å²) >= 11 is 7.50. The van der Waals surface area contributed by atoms with Gasteiger partial charge in [0.25, 0.3) is 0 Å². The number of fused-ring (bicyclic) bond motifs is 1. The molecule has 0 aliphatic carbocycles. The summed E-state index contributed by atoms with van der Waals surface area (Å²) in [4.78, 5) is 23.3. The van der Waals surface area contributed by atoms with Crippen LogP contribution in [0.15, 0.2) is 36.2 Å². The first-order valence-electron chi connectivity index (χ1n) is 6.87. The van der Waals surface area contributed by atoms with Crippen LogP contribution in [0.25, 0.3) is 10.1 Å². The monoisotopic (exact) mass is 353 g/mol. The Kier molecular flexibility index (Phi) is 6.15. The van der Waals surface area contributed by atoms with E-state index in [1.54, 1.807) is 12.1 Å². The van der Waals surface area contributed by atoms with Gasteiger partial charge in [-0.25, -0.2) is 4.79 Å². The molecule has 23 heavy (non-hydrogen) atoms. The summed E-state index contributed by atoms with van der Waals surface area (Å²) < 4.78 is 6.13. The average molecular weight is 354 g/mol. The second kappa shape index (κ2) is 8.10. The minimum Gasteiger partial charge on any atom is -0.480 e. The molecule has 0 aliphatic heterocycles. The fraction of sp³-hybridized carbons (Fsp3) is 0.250. The largest absolute Gasteiger partial charge is 0.480 e. The Bertz CT molecular complexity index is 728. The predicted molar refractivity (Wildman–Crippen MR) is 91.1 cm³/mol. The lowest BCUT2D eigenvalue weighted by atomic mass is 10.1. The van der Waals surface area contributed by atoms with Crippen LogP contribution in [0.1, 0.15) is 5.56 Å². The van der Waals surface area contributed by atoms with Crippen molar-refractivity contribution in [3.63, 3.8) is 0 Å². The number of hydrogen-bond acceptors (Lipinski definition) is 4. The summed E-state index contributed by atoms with van der Waals surface area (Å²) in [6.45, 7) is 3.60. The van der Waals surface area contributed by atoms with E-state index in [0.29, 0.717) is 5.02 Å². The lowest BCUT2D eigenvalue weighted by Gasteiger charge is -2.14. The maximum Gasteiger partial charge on any atom is 0.328 e. The second-order valence-electron chi connectivity index (χ2n) is 4.86. The van der Waals surface area contributed by atoms with E-state index in [0.717, 1.165) is 15.6 Å². The molecular formula is C16H16ClNO4S. The van der Waals surface area contributed by atoms with Crippen LogP contribution in [0.4, 0.5) is 0 Å². The number of rotatable bonds is 8. The van der Waals surface area contributed by atoms with Gasteiger partial charge >= 0.3 is 5.97 Å². The fourth-order valence-electron chi connectivity index (χ4n) is 2.05. The summed E-state index contributed by atoms with van der Waals surface area (Å²) in [6.07, 6.45) is 1.60. The first-order valence-corrected chi connectivity index (χ1v) is 8.13. The molecule has 0 fully saturated rings. The normalized spacial score (nSPS) is 12.0. The highest BCUT2D eigenvalue weighted by atomic mass is 35.5. The number of halogens is 1. The van der Waals surface area contributed by atoms with Gasteiger partial charge in [0.15, 0.2) is 6.04 Å². The summed E-state index contributed by atoms with van der Waals surface area (Å²) in [7, 11) is 0. The van der Waals surface area contributed by atoms with Gasteiger partial charge in [0.1, 0.15) is 0 Å². The van der Waals surface area contributed by atoms with Crippen LogP contribution in [0.5, 0.6) is 0 Å².